The molecule has 4 nitrogen and oxygen atoms in total. The molecule has 62 valence electrons. The molecule has 0 unspecified atom stereocenters. The van der Waals surface area contributed by atoms with Crippen LogP contribution in [-0.4, -0.2) is 17.2 Å². The third kappa shape index (κ3) is 2.16. The van der Waals surface area contributed by atoms with Gasteiger partial charge in [0.25, 0.3) is 0 Å². The first-order valence-electron chi connectivity index (χ1n) is 3.42. The van der Waals surface area contributed by atoms with Gasteiger partial charge >= 0.3 is 0 Å². The summed E-state index contributed by atoms with van der Waals surface area (Å²) in [7, 11) is 0. The molecule has 12 heavy (non-hydrogen) atoms. The van der Waals surface area contributed by atoms with Crippen molar-refractivity contribution in [3.05, 3.63) is 23.9 Å². The number of pyridine rings is 1. The van der Waals surface area contributed by atoms with Crippen LogP contribution < -0.4 is 5.32 Å². The maximum absolute atomic E-state index is 10.6. The normalized spacial score (nSPS) is 9.08. The molecule has 1 heterocycles. The van der Waals surface area contributed by atoms with E-state index in [-0.39, 0.29) is 5.91 Å². The number of anilines is 1. The van der Waals surface area contributed by atoms with Crippen LogP contribution in [0.2, 0.25) is 0 Å². The van der Waals surface area contributed by atoms with E-state index in [0.717, 1.165) is 0 Å². The maximum Gasteiger partial charge on any atom is 0.222 e. The van der Waals surface area contributed by atoms with E-state index in [0.29, 0.717) is 17.8 Å². The Balaban J connectivity index is 2.86. The Labute approximate surface area is 69.6 Å². The van der Waals surface area contributed by atoms with Gasteiger partial charge in [-0.3, -0.25) is 9.59 Å². The molecule has 1 aromatic rings. The molecule has 0 aliphatic heterocycles. The van der Waals surface area contributed by atoms with E-state index in [9.17, 15) is 9.59 Å². The average Bonchev–Trinajstić information content (AvgIpc) is 2.03. The lowest BCUT2D eigenvalue weighted by Gasteiger charge is -1.99. The number of aldehydes is 1. The van der Waals surface area contributed by atoms with Crippen molar-refractivity contribution in [3.8, 4) is 0 Å². The van der Waals surface area contributed by atoms with E-state index in [4.69, 9.17) is 0 Å². The predicted octanol–water partition coefficient (Wildman–Crippen LogP) is 0.852. The molecule has 1 N–H and O–H groups in total. The first-order chi connectivity index (χ1) is 5.72. The van der Waals surface area contributed by atoms with Crippen molar-refractivity contribution in [1.82, 2.24) is 4.98 Å². The van der Waals surface area contributed by atoms with E-state index < -0.39 is 0 Å². The number of hydrogen-bond donors (Lipinski definition) is 1. The molecular weight excluding hydrogens is 156 g/mol. The predicted molar refractivity (Wildman–Crippen MR) is 43.9 cm³/mol. The molecular formula is C8H8N2O2. The van der Waals surface area contributed by atoms with Gasteiger partial charge in [0.1, 0.15) is 11.5 Å². The van der Waals surface area contributed by atoms with E-state index in [1.807, 2.05) is 0 Å². The molecule has 0 radical (unpaired) electrons. The van der Waals surface area contributed by atoms with Gasteiger partial charge in [-0.15, -0.1) is 0 Å². The molecule has 0 spiro atoms. The third-order valence-corrected chi connectivity index (χ3v) is 1.20. The first kappa shape index (κ1) is 8.39. The second-order valence-electron chi connectivity index (χ2n) is 2.25. The van der Waals surface area contributed by atoms with Gasteiger partial charge in [0, 0.05) is 6.92 Å². The zero-order chi connectivity index (χ0) is 8.97. The van der Waals surface area contributed by atoms with E-state index in [1.54, 1.807) is 18.2 Å². The van der Waals surface area contributed by atoms with Gasteiger partial charge in [-0.1, -0.05) is 6.07 Å². The molecule has 0 aromatic carbocycles. The van der Waals surface area contributed by atoms with Crippen LogP contribution in [0.5, 0.6) is 0 Å². The molecule has 1 aromatic heterocycles. The molecule has 0 bridgehead atoms. The summed E-state index contributed by atoms with van der Waals surface area (Å²) in [4.78, 5) is 24.7. The minimum Gasteiger partial charge on any atom is -0.311 e. The fraction of sp³-hybridized carbons (Fsp3) is 0.125. The van der Waals surface area contributed by atoms with Gasteiger partial charge in [0.05, 0.1) is 0 Å². The second kappa shape index (κ2) is 3.61. The number of rotatable bonds is 2. The highest BCUT2D eigenvalue weighted by Crippen LogP contribution is 2.02. The van der Waals surface area contributed by atoms with E-state index in [2.05, 4.69) is 10.3 Å². The highest BCUT2D eigenvalue weighted by molar-refractivity contribution is 5.88. The molecule has 0 aliphatic rings. The van der Waals surface area contributed by atoms with Crippen molar-refractivity contribution in [2.75, 3.05) is 5.32 Å². The molecule has 4 heteroatoms. The molecule has 0 saturated heterocycles. The summed E-state index contributed by atoms with van der Waals surface area (Å²) in [6, 6.07) is 4.84. The van der Waals surface area contributed by atoms with Gasteiger partial charge in [0.15, 0.2) is 6.29 Å². The molecule has 1 amide bonds. The molecule has 0 saturated carbocycles. The average molecular weight is 164 g/mol. The van der Waals surface area contributed by atoms with Crippen molar-refractivity contribution in [3.63, 3.8) is 0 Å². The van der Waals surface area contributed by atoms with Gasteiger partial charge in [-0.05, 0) is 12.1 Å². The zero-order valence-corrected chi connectivity index (χ0v) is 6.57. The number of amides is 1. The van der Waals surface area contributed by atoms with Crippen molar-refractivity contribution < 1.29 is 9.59 Å². The van der Waals surface area contributed by atoms with Crippen molar-refractivity contribution in [2.45, 2.75) is 6.92 Å². The van der Waals surface area contributed by atoms with Crippen molar-refractivity contribution in [1.29, 1.82) is 0 Å². The Kier molecular flexibility index (Phi) is 2.53. The molecule has 1 rings (SSSR count). The fourth-order valence-corrected chi connectivity index (χ4v) is 0.767. The van der Waals surface area contributed by atoms with E-state index >= 15 is 0 Å². The van der Waals surface area contributed by atoms with Crippen LogP contribution in [0.1, 0.15) is 17.4 Å². The highest BCUT2D eigenvalue weighted by Gasteiger charge is 1.96. The van der Waals surface area contributed by atoms with Gasteiger partial charge in [0.2, 0.25) is 5.91 Å². The summed E-state index contributed by atoms with van der Waals surface area (Å²) in [5.74, 6) is 0.192. The summed E-state index contributed by atoms with van der Waals surface area (Å²) in [6.07, 6.45) is 0.630. The Morgan fingerprint density at radius 1 is 1.58 bits per heavy atom. The summed E-state index contributed by atoms with van der Waals surface area (Å²) in [6.45, 7) is 1.38. The topological polar surface area (TPSA) is 59.1 Å². The molecule has 0 atom stereocenters. The van der Waals surface area contributed by atoms with Gasteiger partial charge in [-0.25, -0.2) is 4.98 Å². The smallest absolute Gasteiger partial charge is 0.222 e. The summed E-state index contributed by atoms with van der Waals surface area (Å²) >= 11 is 0. The molecule has 0 fully saturated rings. The number of nitrogens with zero attached hydrogens (tertiary/aromatic N) is 1. The second-order valence-corrected chi connectivity index (χ2v) is 2.25. The third-order valence-electron chi connectivity index (χ3n) is 1.20. The lowest BCUT2D eigenvalue weighted by Crippen LogP contribution is -2.07. The zero-order valence-electron chi connectivity index (χ0n) is 6.57. The first-order valence-corrected chi connectivity index (χ1v) is 3.42. The summed E-state index contributed by atoms with van der Waals surface area (Å²) in [5.41, 5.74) is 0.307. The maximum atomic E-state index is 10.6. The Bertz CT molecular complexity index is 310. The lowest BCUT2D eigenvalue weighted by molar-refractivity contribution is -0.114. The largest absolute Gasteiger partial charge is 0.311 e. The standard InChI is InChI=1S/C8H8N2O2/c1-6(12)9-8-4-2-3-7(5-11)10-8/h2-5H,1H3,(H,9,10,12). The molecule has 0 aliphatic carbocycles. The Hall–Kier alpha value is -1.71. The Morgan fingerprint density at radius 2 is 2.33 bits per heavy atom. The highest BCUT2D eigenvalue weighted by atomic mass is 16.1. The number of nitrogens with one attached hydrogen (secondary N) is 1. The number of carbonyl (C=O) groups is 2. The minimum atomic E-state index is -0.203. The van der Waals surface area contributed by atoms with Crippen LogP contribution in [0.25, 0.3) is 0 Å². The number of hydrogen-bond acceptors (Lipinski definition) is 3. The van der Waals surface area contributed by atoms with Crippen LogP contribution in [-0.2, 0) is 4.79 Å². The monoisotopic (exact) mass is 164 g/mol. The summed E-state index contributed by atoms with van der Waals surface area (Å²) < 4.78 is 0. The van der Waals surface area contributed by atoms with Crippen LogP contribution in [0, 0.1) is 0 Å². The fourth-order valence-electron chi connectivity index (χ4n) is 0.767. The van der Waals surface area contributed by atoms with Crippen LogP contribution in [0.15, 0.2) is 18.2 Å². The lowest BCUT2D eigenvalue weighted by atomic mass is 10.3. The van der Waals surface area contributed by atoms with Crippen LogP contribution >= 0.6 is 0 Å². The van der Waals surface area contributed by atoms with Gasteiger partial charge in [-0.2, -0.15) is 0 Å². The Morgan fingerprint density at radius 3 is 2.92 bits per heavy atom. The van der Waals surface area contributed by atoms with Crippen molar-refractivity contribution >= 4 is 18.0 Å². The van der Waals surface area contributed by atoms with Crippen molar-refractivity contribution in [2.24, 2.45) is 0 Å². The minimum absolute atomic E-state index is 0.203. The number of aromatic nitrogens is 1. The quantitative estimate of drug-likeness (QED) is 0.659. The van der Waals surface area contributed by atoms with Gasteiger partial charge < -0.3 is 5.32 Å². The summed E-state index contributed by atoms with van der Waals surface area (Å²) in [5, 5.41) is 2.47. The van der Waals surface area contributed by atoms with E-state index in [1.165, 1.54) is 6.92 Å². The van der Waals surface area contributed by atoms with Crippen LogP contribution in [0.4, 0.5) is 5.82 Å². The van der Waals surface area contributed by atoms with Crippen LogP contribution in [0.3, 0.4) is 0 Å². The SMILES string of the molecule is CC(=O)Nc1cccc(C=O)n1. The number of carbonyl (C=O) groups excluding carboxylic acids is 2.